The zero-order chi connectivity index (χ0) is 9.41. The molecule has 0 fully saturated rings. The number of rotatable bonds is 0. The SMILES string of the molecule is O=S1(=O)OCCOS(=O)(O)=C1Cl. The molecule has 72 valence electrons. The molecule has 0 aliphatic carbocycles. The summed E-state index contributed by atoms with van der Waals surface area (Å²) in [6.45, 7) is -0.624. The fraction of sp³-hybridized carbons (Fsp3) is 0.667. The van der Waals surface area contributed by atoms with E-state index in [0.717, 1.165) is 0 Å². The molecule has 1 heterocycles. The average molecular weight is 237 g/mol. The van der Waals surface area contributed by atoms with Gasteiger partial charge in [-0.05, 0) is 0 Å². The maximum Gasteiger partial charge on any atom is 0.320 e. The number of hydrogen-bond donors (Lipinski definition) is 1. The van der Waals surface area contributed by atoms with E-state index in [-0.39, 0.29) is 13.2 Å². The predicted octanol–water partition coefficient (Wildman–Crippen LogP) is -0.638. The molecule has 0 saturated carbocycles. The molecule has 0 aromatic rings. The number of halogens is 1. The molecule has 6 nitrogen and oxygen atoms in total. The third kappa shape index (κ3) is 1.90. The summed E-state index contributed by atoms with van der Waals surface area (Å²) in [6.07, 6.45) is 0. The lowest BCUT2D eigenvalue weighted by Crippen LogP contribution is -2.18. The van der Waals surface area contributed by atoms with E-state index in [4.69, 9.17) is 16.2 Å². The smallest absolute Gasteiger partial charge is 0.292 e. The molecule has 1 rings (SSSR count). The van der Waals surface area contributed by atoms with Gasteiger partial charge in [-0.1, -0.05) is 11.6 Å². The molecule has 9 heteroatoms. The van der Waals surface area contributed by atoms with E-state index in [1.807, 2.05) is 0 Å². The summed E-state index contributed by atoms with van der Waals surface area (Å²) >= 11 is 5.06. The third-order valence-corrected chi connectivity index (χ3v) is 5.12. The topological polar surface area (TPSA) is 89.9 Å². The quantitative estimate of drug-likeness (QED) is 0.342. The van der Waals surface area contributed by atoms with Gasteiger partial charge in [0.2, 0.25) is 10.1 Å². The van der Waals surface area contributed by atoms with Gasteiger partial charge in [0, 0.05) is 0 Å². The average Bonchev–Trinajstić information content (AvgIpc) is 2.02. The first-order valence-electron chi connectivity index (χ1n) is 2.69. The molecule has 0 saturated heterocycles. The summed E-state index contributed by atoms with van der Waals surface area (Å²) < 4.78 is 48.5. The zero-order valence-electron chi connectivity index (χ0n) is 5.60. The van der Waals surface area contributed by atoms with Crippen LogP contribution in [0.15, 0.2) is 0 Å². The minimum atomic E-state index is -4.27. The van der Waals surface area contributed by atoms with Crippen LogP contribution in [0.2, 0.25) is 0 Å². The highest BCUT2D eigenvalue weighted by Gasteiger charge is 2.29. The maximum absolute atomic E-state index is 10.9. The Kier molecular flexibility index (Phi) is 2.66. The molecule has 0 aromatic heterocycles. The predicted molar refractivity (Wildman–Crippen MR) is 42.5 cm³/mol. The molecular weight excluding hydrogens is 232 g/mol. The molecule has 0 bridgehead atoms. The van der Waals surface area contributed by atoms with Gasteiger partial charge in [-0.2, -0.15) is 8.42 Å². The Hall–Kier alpha value is 0.140. The maximum atomic E-state index is 10.9. The van der Waals surface area contributed by atoms with Crippen molar-refractivity contribution in [2.45, 2.75) is 0 Å². The van der Waals surface area contributed by atoms with Gasteiger partial charge in [0.1, 0.15) is 0 Å². The highest BCUT2D eigenvalue weighted by Crippen LogP contribution is 2.11. The Morgan fingerprint density at radius 1 is 1.25 bits per heavy atom. The van der Waals surface area contributed by atoms with Crippen LogP contribution in [-0.4, -0.2) is 34.0 Å². The van der Waals surface area contributed by atoms with E-state index in [9.17, 15) is 12.6 Å². The zero-order valence-corrected chi connectivity index (χ0v) is 7.99. The van der Waals surface area contributed by atoms with Gasteiger partial charge in [-0.25, -0.2) is 4.21 Å². The standard InChI is InChI=1S/C3H5ClO6S2/c4-3-11(5,6)9-1-2-10-12(3,7)8/h1-2H2,(H,5,6). The first-order valence-corrected chi connectivity index (χ1v) is 5.92. The van der Waals surface area contributed by atoms with Crippen LogP contribution in [0.4, 0.5) is 0 Å². The summed E-state index contributed by atoms with van der Waals surface area (Å²) in [6, 6.07) is 0. The van der Waals surface area contributed by atoms with Crippen molar-refractivity contribution in [2.24, 2.45) is 0 Å². The van der Waals surface area contributed by atoms with Crippen LogP contribution in [0, 0.1) is 0 Å². The highest BCUT2D eigenvalue weighted by molar-refractivity contribution is 8.21. The van der Waals surface area contributed by atoms with Gasteiger partial charge < -0.3 is 0 Å². The van der Waals surface area contributed by atoms with E-state index in [1.54, 1.807) is 0 Å². The molecule has 1 N–H and O–H groups in total. The van der Waals surface area contributed by atoms with Crippen molar-refractivity contribution in [3.63, 3.8) is 0 Å². The van der Waals surface area contributed by atoms with E-state index in [0.29, 0.717) is 0 Å². The number of hydrogen-bond acceptors (Lipinski definition) is 5. The molecule has 0 amide bonds. The second-order valence-corrected chi connectivity index (χ2v) is 6.04. The minimum Gasteiger partial charge on any atom is -0.292 e. The normalized spacial score (nSPS) is 36.0. The molecule has 0 aromatic carbocycles. The highest BCUT2D eigenvalue weighted by atomic mass is 35.5. The summed E-state index contributed by atoms with van der Waals surface area (Å²) in [5.41, 5.74) is 0. The van der Waals surface area contributed by atoms with Crippen molar-refractivity contribution in [1.82, 2.24) is 0 Å². The van der Waals surface area contributed by atoms with Crippen LogP contribution in [0.1, 0.15) is 0 Å². The Balaban J connectivity index is 3.38. The lowest BCUT2D eigenvalue weighted by atomic mass is 10.8. The Bertz CT molecular complexity index is 387. The van der Waals surface area contributed by atoms with Gasteiger partial charge in [-0.15, -0.1) is 0 Å². The summed E-state index contributed by atoms with van der Waals surface area (Å²) in [5.74, 6) is 0. The van der Waals surface area contributed by atoms with Crippen molar-refractivity contribution in [1.29, 1.82) is 0 Å². The molecule has 0 spiro atoms. The molecule has 1 aliphatic rings. The summed E-state index contributed by atoms with van der Waals surface area (Å²) in [4.78, 5) is 0. The van der Waals surface area contributed by atoms with Crippen LogP contribution < -0.4 is 0 Å². The van der Waals surface area contributed by atoms with Gasteiger partial charge in [0.25, 0.3) is 3.66 Å². The van der Waals surface area contributed by atoms with Crippen LogP contribution in [0.5, 0.6) is 0 Å². The van der Waals surface area contributed by atoms with Gasteiger partial charge in [0.15, 0.2) is 0 Å². The van der Waals surface area contributed by atoms with Crippen LogP contribution >= 0.6 is 11.6 Å². The first kappa shape index (κ1) is 10.2. The fourth-order valence-corrected chi connectivity index (χ4v) is 2.87. The Morgan fingerprint density at radius 2 is 1.75 bits per heavy atom. The lowest BCUT2D eigenvalue weighted by Gasteiger charge is -1.99. The monoisotopic (exact) mass is 236 g/mol. The molecule has 0 radical (unpaired) electrons. The van der Waals surface area contributed by atoms with E-state index in [2.05, 4.69) is 8.37 Å². The Labute approximate surface area is 74.6 Å². The molecular formula is C3H5ClO6S2. The lowest BCUT2D eigenvalue weighted by molar-refractivity contribution is 0.226. The van der Waals surface area contributed by atoms with Crippen molar-refractivity contribution in [3.8, 4) is 0 Å². The molecule has 1 aliphatic heterocycles. The Morgan fingerprint density at radius 3 is 2.33 bits per heavy atom. The second-order valence-electron chi connectivity index (χ2n) is 1.81. The van der Waals surface area contributed by atoms with E-state index >= 15 is 0 Å². The van der Waals surface area contributed by atoms with Crippen LogP contribution in [0.25, 0.3) is 0 Å². The van der Waals surface area contributed by atoms with Crippen molar-refractivity contribution >= 4 is 35.5 Å². The van der Waals surface area contributed by atoms with Gasteiger partial charge in [-0.3, -0.25) is 12.9 Å². The van der Waals surface area contributed by atoms with E-state index in [1.165, 1.54) is 0 Å². The summed E-state index contributed by atoms with van der Waals surface area (Å²) in [5, 5.41) is 0. The largest absolute Gasteiger partial charge is 0.320 e. The van der Waals surface area contributed by atoms with Crippen molar-refractivity contribution < 1.29 is 25.5 Å². The fourth-order valence-electron chi connectivity index (χ4n) is 0.512. The van der Waals surface area contributed by atoms with Gasteiger partial charge >= 0.3 is 10.1 Å². The van der Waals surface area contributed by atoms with Crippen LogP contribution in [-0.2, 0) is 28.6 Å². The molecule has 1 atom stereocenters. The van der Waals surface area contributed by atoms with Crippen LogP contribution in [0.3, 0.4) is 0 Å². The van der Waals surface area contributed by atoms with Crippen molar-refractivity contribution in [2.75, 3.05) is 13.2 Å². The van der Waals surface area contributed by atoms with Crippen molar-refractivity contribution in [3.05, 3.63) is 0 Å². The third-order valence-electron chi connectivity index (χ3n) is 0.964. The first-order chi connectivity index (χ1) is 5.36. The van der Waals surface area contributed by atoms with Gasteiger partial charge in [0.05, 0.1) is 13.2 Å². The second kappa shape index (κ2) is 3.13. The van der Waals surface area contributed by atoms with E-state index < -0.39 is 23.9 Å². The summed E-state index contributed by atoms with van der Waals surface area (Å²) in [7, 11) is -8.36. The molecule has 12 heavy (non-hydrogen) atoms. The molecule has 1 unspecified atom stereocenters. The minimum absolute atomic E-state index is 0.301.